The van der Waals surface area contributed by atoms with Gasteiger partial charge in [0.05, 0.1) is 16.9 Å². The molecule has 0 saturated heterocycles. The Bertz CT molecular complexity index is 301. The second-order valence-electron chi connectivity index (χ2n) is 4.20. The lowest BCUT2D eigenvalue weighted by Gasteiger charge is -2.24. The molecule has 0 saturated carbocycles. The van der Waals surface area contributed by atoms with Crippen LogP contribution >= 0.6 is 11.6 Å². The first-order valence-corrected chi connectivity index (χ1v) is 5.77. The number of aromatic nitrogens is 2. The van der Waals surface area contributed by atoms with Crippen LogP contribution in [0.3, 0.4) is 0 Å². The largest absolute Gasteiger partial charge is 0.384 e. The summed E-state index contributed by atoms with van der Waals surface area (Å²) >= 11 is 6.00. The van der Waals surface area contributed by atoms with E-state index in [1.807, 2.05) is 0 Å². The van der Waals surface area contributed by atoms with Crippen molar-refractivity contribution in [2.45, 2.75) is 45.1 Å². The summed E-state index contributed by atoms with van der Waals surface area (Å²) in [6.45, 7) is 3.94. The van der Waals surface area contributed by atoms with Crippen molar-refractivity contribution in [2.75, 3.05) is 0 Å². The van der Waals surface area contributed by atoms with E-state index in [4.69, 9.17) is 11.6 Å². The van der Waals surface area contributed by atoms with E-state index in [9.17, 15) is 5.11 Å². The molecule has 0 radical (unpaired) electrons. The Morgan fingerprint density at radius 2 is 2.20 bits per heavy atom. The minimum atomic E-state index is -0.877. The van der Waals surface area contributed by atoms with E-state index < -0.39 is 5.60 Å². The van der Waals surface area contributed by atoms with E-state index in [0.29, 0.717) is 10.7 Å². The normalized spacial score (nSPS) is 15.3. The molecule has 1 heterocycles. The van der Waals surface area contributed by atoms with Gasteiger partial charge in [0.2, 0.25) is 0 Å². The lowest BCUT2D eigenvalue weighted by atomic mass is 9.94. The minimum Gasteiger partial charge on any atom is -0.384 e. The van der Waals surface area contributed by atoms with Gasteiger partial charge in [-0.05, 0) is 13.3 Å². The van der Waals surface area contributed by atoms with Gasteiger partial charge in [-0.25, -0.2) is 0 Å². The lowest BCUT2D eigenvalue weighted by molar-refractivity contribution is 0.0368. The van der Waals surface area contributed by atoms with Crippen LogP contribution in [-0.2, 0) is 12.6 Å². The molecule has 0 amide bonds. The van der Waals surface area contributed by atoms with Gasteiger partial charge >= 0.3 is 0 Å². The molecule has 1 atom stereocenters. The highest BCUT2D eigenvalue weighted by molar-refractivity contribution is 6.31. The zero-order valence-corrected chi connectivity index (χ0v) is 10.4. The standard InChI is InChI=1S/C11H19ClN2O/c1-4-5-6-7-11(2,15)10-9(12)8-13-14(10)3/h8,15H,4-7H2,1-3H3. The Morgan fingerprint density at radius 1 is 1.53 bits per heavy atom. The first-order chi connectivity index (χ1) is 6.99. The molecule has 0 aromatic carbocycles. The highest BCUT2D eigenvalue weighted by Gasteiger charge is 2.28. The van der Waals surface area contributed by atoms with Crippen LogP contribution in [0, 0.1) is 0 Å². The summed E-state index contributed by atoms with van der Waals surface area (Å²) in [4.78, 5) is 0. The van der Waals surface area contributed by atoms with Crippen molar-refractivity contribution in [1.29, 1.82) is 0 Å². The number of hydrogen-bond donors (Lipinski definition) is 1. The highest BCUT2D eigenvalue weighted by Crippen LogP contribution is 2.31. The number of halogens is 1. The number of hydrogen-bond acceptors (Lipinski definition) is 2. The Kier molecular flexibility index (Phi) is 4.17. The smallest absolute Gasteiger partial charge is 0.105 e. The summed E-state index contributed by atoms with van der Waals surface area (Å²) in [6.07, 6.45) is 5.58. The van der Waals surface area contributed by atoms with E-state index in [1.54, 1.807) is 24.9 Å². The van der Waals surface area contributed by atoms with Gasteiger partial charge in [-0.3, -0.25) is 4.68 Å². The van der Waals surface area contributed by atoms with Crippen LogP contribution in [0.25, 0.3) is 0 Å². The van der Waals surface area contributed by atoms with Crippen molar-refractivity contribution >= 4 is 11.6 Å². The van der Waals surface area contributed by atoms with Crippen LogP contribution in [-0.4, -0.2) is 14.9 Å². The van der Waals surface area contributed by atoms with Crippen LogP contribution in [0.15, 0.2) is 6.20 Å². The van der Waals surface area contributed by atoms with E-state index in [-0.39, 0.29) is 0 Å². The van der Waals surface area contributed by atoms with E-state index in [1.165, 1.54) is 0 Å². The summed E-state index contributed by atoms with van der Waals surface area (Å²) in [7, 11) is 1.80. The summed E-state index contributed by atoms with van der Waals surface area (Å²) < 4.78 is 1.65. The maximum atomic E-state index is 10.3. The van der Waals surface area contributed by atoms with Crippen molar-refractivity contribution in [3.05, 3.63) is 16.9 Å². The third kappa shape index (κ3) is 2.95. The topological polar surface area (TPSA) is 38.1 Å². The Morgan fingerprint density at radius 3 is 2.67 bits per heavy atom. The Hall–Kier alpha value is -0.540. The number of unbranched alkanes of at least 4 members (excludes halogenated alkanes) is 2. The average molecular weight is 231 g/mol. The van der Waals surface area contributed by atoms with Gasteiger partial charge in [0.1, 0.15) is 5.60 Å². The summed E-state index contributed by atoms with van der Waals surface area (Å²) in [6, 6.07) is 0. The number of aliphatic hydroxyl groups is 1. The molecule has 0 bridgehead atoms. The molecule has 0 aliphatic carbocycles. The maximum absolute atomic E-state index is 10.3. The summed E-state index contributed by atoms with van der Waals surface area (Å²) in [5.41, 5.74) is -0.169. The molecule has 0 aliphatic rings. The van der Waals surface area contributed by atoms with E-state index >= 15 is 0 Å². The van der Waals surface area contributed by atoms with Gasteiger partial charge in [0.15, 0.2) is 0 Å². The predicted octanol–water partition coefficient (Wildman–Crippen LogP) is 2.86. The molecule has 1 aromatic rings. The van der Waals surface area contributed by atoms with Crippen molar-refractivity contribution in [1.82, 2.24) is 9.78 Å². The van der Waals surface area contributed by atoms with Crippen molar-refractivity contribution < 1.29 is 5.11 Å². The van der Waals surface area contributed by atoms with Crippen LogP contribution in [0.5, 0.6) is 0 Å². The molecular formula is C11H19ClN2O. The summed E-state index contributed by atoms with van der Waals surface area (Å²) in [5, 5.41) is 14.9. The molecule has 4 heteroatoms. The van der Waals surface area contributed by atoms with Gasteiger partial charge < -0.3 is 5.11 Å². The minimum absolute atomic E-state index is 0.541. The molecule has 86 valence electrons. The molecule has 0 fully saturated rings. The summed E-state index contributed by atoms with van der Waals surface area (Å²) in [5.74, 6) is 0. The van der Waals surface area contributed by atoms with Crippen LogP contribution in [0.4, 0.5) is 0 Å². The average Bonchev–Trinajstić information content (AvgIpc) is 2.46. The van der Waals surface area contributed by atoms with Crippen LogP contribution < -0.4 is 0 Å². The third-order valence-corrected chi connectivity index (χ3v) is 2.95. The lowest BCUT2D eigenvalue weighted by Crippen LogP contribution is -2.25. The Labute approximate surface area is 96.1 Å². The number of aryl methyl sites for hydroxylation is 1. The molecular weight excluding hydrogens is 212 g/mol. The van der Waals surface area contributed by atoms with Crippen molar-refractivity contribution in [3.63, 3.8) is 0 Å². The van der Waals surface area contributed by atoms with E-state index in [0.717, 1.165) is 25.7 Å². The molecule has 0 spiro atoms. The zero-order chi connectivity index (χ0) is 11.5. The van der Waals surface area contributed by atoms with Crippen LogP contribution in [0.2, 0.25) is 5.02 Å². The van der Waals surface area contributed by atoms with Gasteiger partial charge in [-0.1, -0.05) is 37.8 Å². The Balaban J connectivity index is 2.76. The monoisotopic (exact) mass is 230 g/mol. The van der Waals surface area contributed by atoms with Gasteiger partial charge in [-0.2, -0.15) is 5.10 Å². The molecule has 1 unspecified atom stereocenters. The molecule has 1 rings (SSSR count). The number of nitrogens with zero attached hydrogens (tertiary/aromatic N) is 2. The fraction of sp³-hybridized carbons (Fsp3) is 0.727. The van der Waals surface area contributed by atoms with Gasteiger partial charge in [0.25, 0.3) is 0 Å². The van der Waals surface area contributed by atoms with Crippen LogP contribution in [0.1, 0.15) is 45.2 Å². The third-order valence-electron chi connectivity index (χ3n) is 2.67. The second-order valence-corrected chi connectivity index (χ2v) is 4.60. The zero-order valence-electron chi connectivity index (χ0n) is 9.63. The fourth-order valence-electron chi connectivity index (χ4n) is 1.85. The first-order valence-electron chi connectivity index (χ1n) is 5.39. The highest BCUT2D eigenvalue weighted by atomic mass is 35.5. The van der Waals surface area contributed by atoms with Crippen molar-refractivity contribution in [2.24, 2.45) is 7.05 Å². The number of rotatable bonds is 5. The molecule has 1 N–H and O–H groups in total. The SMILES string of the molecule is CCCCCC(C)(O)c1c(Cl)cnn1C. The quantitative estimate of drug-likeness (QED) is 0.790. The first kappa shape index (κ1) is 12.5. The maximum Gasteiger partial charge on any atom is 0.105 e. The molecule has 15 heavy (non-hydrogen) atoms. The second kappa shape index (κ2) is 4.99. The van der Waals surface area contributed by atoms with Gasteiger partial charge in [0, 0.05) is 7.05 Å². The fourth-order valence-corrected chi connectivity index (χ4v) is 2.22. The molecule has 3 nitrogen and oxygen atoms in total. The molecule has 1 aromatic heterocycles. The van der Waals surface area contributed by atoms with Gasteiger partial charge in [-0.15, -0.1) is 0 Å². The van der Waals surface area contributed by atoms with E-state index in [2.05, 4.69) is 12.0 Å². The predicted molar refractivity (Wildman–Crippen MR) is 61.9 cm³/mol. The molecule has 0 aliphatic heterocycles. The van der Waals surface area contributed by atoms with Crippen molar-refractivity contribution in [3.8, 4) is 0 Å².